The second-order valence-electron chi connectivity index (χ2n) is 4.95. The molecule has 0 heterocycles. The molecule has 3 heteroatoms. The van der Waals surface area contributed by atoms with Crippen LogP contribution in [0.5, 0.6) is 5.75 Å². The lowest BCUT2D eigenvalue weighted by Gasteiger charge is -2.05. The number of benzene rings is 1. The van der Waals surface area contributed by atoms with E-state index in [0.717, 1.165) is 11.3 Å². The molecule has 1 rings (SSSR count). The maximum atomic E-state index is 8.64. The number of hydrogen-bond donors (Lipinski definition) is 1. The van der Waals surface area contributed by atoms with Gasteiger partial charge in [-0.3, -0.25) is 0 Å². The van der Waals surface area contributed by atoms with Gasteiger partial charge in [-0.15, -0.1) is 5.54 Å². The van der Waals surface area contributed by atoms with Gasteiger partial charge in [0.15, 0.2) is 0 Å². The summed E-state index contributed by atoms with van der Waals surface area (Å²) < 4.78 is 5.45. The Labute approximate surface area is 105 Å². The Morgan fingerprint density at radius 2 is 1.82 bits per heavy atom. The van der Waals surface area contributed by atoms with Gasteiger partial charge in [0.1, 0.15) is 13.8 Å². The van der Waals surface area contributed by atoms with E-state index >= 15 is 0 Å². The Kier molecular flexibility index (Phi) is 5.27. The number of aliphatic hydroxyl groups excluding tert-OH is 1. The third kappa shape index (κ3) is 6.15. The zero-order valence-corrected chi connectivity index (χ0v) is 11.8. The summed E-state index contributed by atoms with van der Waals surface area (Å²) in [7, 11) is -1.30. The molecule has 1 N–H and O–H groups in total. The van der Waals surface area contributed by atoms with E-state index in [-0.39, 0.29) is 6.61 Å². The molecule has 1 aromatic rings. The summed E-state index contributed by atoms with van der Waals surface area (Å²) >= 11 is 0. The lowest BCUT2D eigenvalue weighted by atomic mass is 10.2. The van der Waals surface area contributed by atoms with Gasteiger partial charge in [-0.1, -0.05) is 25.6 Å². The van der Waals surface area contributed by atoms with Crippen molar-refractivity contribution in [3.8, 4) is 17.2 Å². The van der Waals surface area contributed by atoms with Crippen LogP contribution in [-0.2, 0) is 0 Å². The van der Waals surface area contributed by atoms with Gasteiger partial charge in [0.25, 0.3) is 0 Å². The minimum absolute atomic E-state index is 0.166. The lowest BCUT2D eigenvalue weighted by molar-refractivity contribution is 0.233. The first-order chi connectivity index (χ1) is 8.01. The fraction of sp³-hybridized carbons (Fsp3) is 0.429. The predicted molar refractivity (Wildman–Crippen MR) is 73.9 cm³/mol. The van der Waals surface area contributed by atoms with Crippen LogP contribution in [0.3, 0.4) is 0 Å². The molecule has 2 nitrogen and oxygen atoms in total. The molecule has 1 aromatic carbocycles. The minimum atomic E-state index is -1.30. The Bertz CT molecular complexity index is 393. The molecule has 0 aliphatic heterocycles. The number of rotatable bonds is 4. The van der Waals surface area contributed by atoms with Crippen molar-refractivity contribution in [3.05, 3.63) is 29.8 Å². The molecule has 17 heavy (non-hydrogen) atoms. The van der Waals surface area contributed by atoms with Crippen LogP contribution >= 0.6 is 0 Å². The van der Waals surface area contributed by atoms with Crippen molar-refractivity contribution in [2.24, 2.45) is 0 Å². The van der Waals surface area contributed by atoms with Crippen LogP contribution < -0.4 is 4.74 Å². The summed E-state index contributed by atoms with van der Waals surface area (Å²) in [5.74, 6) is 4.03. The highest BCUT2D eigenvalue weighted by Gasteiger charge is 2.07. The van der Waals surface area contributed by atoms with Crippen LogP contribution in [0.15, 0.2) is 24.3 Å². The predicted octanol–water partition coefficient (Wildman–Crippen LogP) is 2.68. The Morgan fingerprint density at radius 1 is 1.18 bits per heavy atom. The molecule has 0 amide bonds. The molecule has 0 saturated heterocycles. The summed E-state index contributed by atoms with van der Waals surface area (Å²) in [4.78, 5) is 0. The molecule has 0 spiro atoms. The van der Waals surface area contributed by atoms with Crippen molar-refractivity contribution in [1.29, 1.82) is 0 Å². The summed E-state index contributed by atoms with van der Waals surface area (Å²) in [6, 6.07) is 7.79. The highest BCUT2D eigenvalue weighted by atomic mass is 28.3. The molecule has 0 saturated carbocycles. The molecule has 0 bridgehead atoms. The maximum absolute atomic E-state index is 8.64. The van der Waals surface area contributed by atoms with Crippen LogP contribution in [0.25, 0.3) is 0 Å². The molecule has 92 valence electrons. The third-order valence-corrected chi connectivity index (χ3v) is 2.88. The van der Waals surface area contributed by atoms with E-state index in [1.54, 1.807) is 0 Å². The molecule has 0 unspecified atom stereocenters. The van der Waals surface area contributed by atoms with Crippen LogP contribution in [0.1, 0.15) is 12.0 Å². The molecule has 0 radical (unpaired) electrons. The maximum Gasteiger partial charge on any atom is 0.129 e. The van der Waals surface area contributed by atoms with E-state index < -0.39 is 8.07 Å². The molecular weight excluding hydrogens is 228 g/mol. The van der Waals surface area contributed by atoms with Gasteiger partial charge in [0, 0.05) is 18.6 Å². The monoisotopic (exact) mass is 248 g/mol. The molecule has 0 fully saturated rings. The lowest BCUT2D eigenvalue weighted by Crippen LogP contribution is -2.16. The first kappa shape index (κ1) is 13.8. The zero-order chi connectivity index (χ0) is 12.7. The van der Waals surface area contributed by atoms with E-state index in [0.29, 0.717) is 13.0 Å². The second kappa shape index (κ2) is 6.48. The minimum Gasteiger partial charge on any atom is -0.494 e. The molecule has 0 aromatic heterocycles. The smallest absolute Gasteiger partial charge is 0.129 e. The van der Waals surface area contributed by atoms with Crippen molar-refractivity contribution < 1.29 is 9.84 Å². The molecular formula is C14H20O2Si. The quantitative estimate of drug-likeness (QED) is 0.504. The van der Waals surface area contributed by atoms with Crippen LogP contribution in [-0.4, -0.2) is 26.4 Å². The van der Waals surface area contributed by atoms with E-state index in [1.807, 2.05) is 24.3 Å². The fourth-order valence-electron chi connectivity index (χ4n) is 1.15. The van der Waals surface area contributed by atoms with Crippen LogP contribution in [0.4, 0.5) is 0 Å². The fourth-order valence-corrected chi connectivity index (χ4v) is 1.67. The summed E-state index contributed by atoms with van der Waals surface area (Å²) in [5.41, 5.74) is 4.35. The average molecular weight is 248 g/mol. The Morgan fingerprint density at radius 3 is 2.35 bits per heavy atom. The summed E-state index contributed by atoms with van der Waals surface area (Å²) in [6.07, 6.45) is 0.664. The van der Waals surface area contributed by atoms with Gasteiger partial charge in [-0.05, 0) is 24.3 Å². The molecule has 0 atom stereocenters. The first-order valence-corrected chi connectivity index (χ1v) is 9.38. The largest absolute Gasteiger partial charge is 0.494 e. The zero-order valence-electron chi connectivity index (χ0n) is 10.8. The third-order valence-electron chi connectivity index (χ3n) is 2.01. The van der Waals surface area contributed by atoms with Gasteiger partial charge in [-0.2, -0.15) is 0 Å². The Balaban J connectivity index is 2.58. The van der Waals surface area contributed by atoms with Crippen molar-refractivity contribution in [2.75, 3.05) is 13.2 Å². The van der Waals surface area contributed by atoms with Crippen molar-refractivity contribution >= 4 is 8.07 Å². The molecule has 0 aliphatic rings. The van der Waals surface area contributed by atoms with E-state index in [2.05, 4.69) is 31.1 Å². The standard InChI is InChI=1S/C14H20O2Si/c1-17(2,3)12-9-13-5-7-14(8-6-13)16-11-4-10-15/h5-8,15H,4,10-11H2,1-3H3. The summed E-state index contributed by atoms with van der Waals surface area (Å²) in [5, 5.41) is 8.64. The highest BCUT2D eigenvalue weighted by molar-refractivity contribution is 6.83. The van der Waals surface area contributed by atoms with Crippen molar-refractivity contribution in [3.63, 3.8) is 0 Å². The summed E-state index contributed by atoms with van der Waals surface area (Å²) in [6.45, 7) is 7.40. The van der Waals surface area contributed by atoms with Gasteiger partial charge in [0.05, 0.1) is 6.61 Å². The highest BCUT2D eigenvalue weighted by Crippen LogP contribution is 2.12. The van der Waals surface area contributed by atoms with Crippen molar-refractivity contribution in [2.45, 2.75) is 26.1 Å². The van der Waals surface area contributed by atoms with Gasteiger partial charge in [0.2, 0.25) is 0 Å². The molecule has 0 aliphatic carbocycles. The van der Waals surface area contributed by atoms with Gasteiger partial charge >= 0.3 is 0 Å². The van der Waals surface area contributed by atoms with Crippen molar-refractivity contribution in [1.82, 2.24) is 0 Å². The second-order valence-corrected chi connectivity index (χ2v) is 9.70. The first-order valence-electron chi connectivity index (χ1n) is 5.88. The topological polar surface area (TPSA) is 29.5 Å². The van der Waals surface area contributed by atoms with E-state index in [4.69, 9.17) is 9.84 Å². The normalized spacial score (nSPS) is 10.6. The van der Waals surface area contributed by atoms with E-state index in [9.17, 15) is 0 Å². The Hall–Kier alpha value is -1.24. The average Bonchev–Trinajstić information content (AvgIpc) is 2.27. The number of ether oxygens (including phenoxy) is 1. The van der Waals surface area contributed by atoms with Crippen LogP contribution in [0, 0.1) is 11.5 Å². The number of hydrogen-bond acceptors (Lipinski definition) is 2. The van der Waals surface area contributed by atoms with Gasteiger partial charge in [-0.25, -0.2) is 0 Å². The SMILES string of the molecule is C[Si](C)(C)C#Cc1ccc(OCCCO)cc1. The van der Waals surface area contributed by atoms with Crippen LogP contribution in [0.2, 0.25) is 19.6 Å². The number of aliphatic hydroxyl groups is 1. The van der Waals surface area contributed by atoms with Gasteiger partial charge < -0.3 is 9.84 Å². The van der Waals surface area contributed by atoms with E-state index in [1.165, 1.54) is 0 Å².